The number of aliphatic hydroxyl groups excluding tert-OH is 1. The first-order chi connectivity index (χ1) is 14.1. The Labute approximate surface area is 180 Å². The summed E-state index contributed by atoms with van der Waals surface area (Å²) in [5.74, 6) is -1.02. The third kappa shape index (κ3) is 5.80. The van der Waals surface area contributed by atoms with Crippen LogP contribution in [0.2, 0.25) is 0 Å². The molecule has 5 atom stereocenters. The molecule has 2 fully saturated rings. The molecule has 0 aromatic heterocycles. The number of hydrogen-bond acceptors (Lipinski definition) is 6. The average Bonchev–Trinajstić information content (AvgIpc) is 3.32. The molecule has 8 nitrogen and oxygen atoms in total. The van der Waals surface area contributed by atoms with Crippen LogP contribution in [0.15, 0.2) is 0 Å². The Morgan fingerprint density at radius 3 is 2.53 bits per heavy atom. The Morgan fingerprint density at radius 2 is 1.90 bits per heavy atom. The largest absolute Gasteiger partial charge is 0.391 e. The van der Waals surface area contributed by atoms with Crippen LogP contribution in [0.4, 0.5) is 0 Å². The van der Waals surface area contributed by atoms with Crippen molar-refractivity contribution in [2.75, 3.05) is 19.6 Å². The Balaban J connectivity index is 2.03. The molecule has 0 aromatic carbocycles. The van der Waals surface area contributed by atoms with E-state index >= 15 is 0 Å². The van der Waals surface area contributed by atoms with E-state index in [-0.39, 0.29) is 31.5 Å². The number of aliphatic hydroxyl groups is 2. The van der Waals surface area contributed by atoms with Gasteiger partial charge < -0.3 is 20.4 Å². The van der Waals surface area contributed by atoms with Gasteiger partial charge in [-0.2, -0.15) is 0 Å². The van der Waals surface area contributed by atoms with E-state index in [1.165, 1.54) is 11.8 Å². The first-order valence-corrected chi connectivity index (χ1v) is 11.4. The van der Waals surface area contributed by atoms with Gasteiger partial charge in [0.1, 0.15) is 11.6 Å². The second kappa shape index (κ2) is 10.7. The van der Waals surface area contributed by atoms with Crippen molar-refractivity contribution >= 4 is 17.6 Å². The Morgan fingerprint density at radius 1 is 1.20 bits per heavy atom. The molecule has 172 valence electrons. The van der Waals surface area contributed by atoms with E-state index < -0.39 is 29.4 Å². The summed E-state index contributed by atoms with van der Waals surface area (Å²) in [4.78, 5) is 42.0. The third-order valence-electron chi connectivity index (χ3n) is 6.48. The van der Waals surface area contributed by atoms with Crippen LogP contribution >= 0.6 is 0 Å². The zero-order valence-corrected chi connectivity index (χ0v) is 18.9. The van der Waals surface area contributed by atoms with Gasteiger partial charge in [-0.15, -0.1) is 0 Å². The lowest BCUT2D eigenvalue weighted by Crippen LogP contribution is -2.54. The number of ketones is 1. The highest BCUT2D eigenvalue weighted by Crippen LogP contribution is 2.27. The van der Waals surface area contributed by atoms with Crippen LogP contribution in [0.25, 0.3) is 0 Å². The first kappa shape index (κ1) is 24.8. The number of nitrogens with zero attached hydrogens (tertiary/aromatic N) is 2. The van der Waals surface area contributed by atoms with Crippen molar-refractivity contribution in [3.05, 3.63) is 0 Å². The van der Waals surface area contributed by atoms with E-state index in [4.69, 9.17) is 0 Å². The Bertz CT molecular complexity index is 624. The molecule has 2 amide bonds. The second-order valence-corrected chi connectivity index (χ2v) is 9.09. The highest BCUT2D eigenvalue weighted by Gasteiger charge is 2.44. The number of hydrogen-bond donors (Lipinski definition) is 3. The Hall–Kier alpha value is -1.51. The topological polar surface area (TPSA) is 110 Å². The van der Waals surface area contributed by atoms with Crippen LogP contribution in [0, 0.1) is 0 Å². The number of carbonyl (C=O) groups is 3. The molecular formula is C22H39N3O5. The van der Waals surface area contributed by atoms with Gasteiger partial charge in [-0.05, 0) is 46.1 Å². The number of Topliss-reactive ketones (excluding diaryl/α,β-unsaturated/α-hetero) is 1. The zero-order valence-electron chi connectivity index (χ0n) is 18.9. The van der Waals surface area contributed by atoms with Crippen LogP contribution in [0.5, 0.6) is 0 Å². The van der Waals surface area contributed by atoms with Crippen LogP contribution in [-0.4, -0.2) is 87.1 Å². The van der Waals surface area contributed by atoms with Crippen LogP contribution in [0.3, 0.4) is 0 Å². The van der Waals surface area contributed by atoms with E-state index in [1.54, 1.807) is 0 Å². The number of amides is 2. The summed E-state index contributed by atoms with van der Waals surface area (Å²) in [5, 5.41) is 22.9. The maximum Gasteiger partial charge on any atom is 0.243 e. The minimum atomic E-state index is -1.48. The molecule has 0 spiro atoms. The van der Waals surface area contributed by atoms with Crippen molar-refractivity contribution in [3.63, 3.8) is 0 Å². The fourth-order valence-corrected chi connectivity index (χ4v) is 4.76. The fraction of sp³-hybridized carbons (Fsp3) is 0.864. The molecule has 0 aromatic rings. The lowest BCUT2D eigenvalue weighted by atomic mass is 9.95. The monoisotopic (exact) mass is 425 g/mol. The predicted molar refractivity (Wildman–Crippen MR) is 114 cm³/mol. The lowest BCUT2D eigenvalue weighted by Gasteiger charge is -2.34. The van der Waals surface area contributed by atoms with Gasteiger partial charge in [0.2, 0.25) is 11.8 Å². The van der Waals surface area contributed by atoms with Gasteiger partial charge in [0.25, 0.3) is 0 Å². The summed E-state index contributed by atoms with van der Waals surface area (Å²) in [5.41, 5.74) is -1.48. The molecule has 2 rings (SSSR count). The maximum atomic E-state index is 13.3. The fourth-order valence-electron chi connectivity index (χ4n) is 4.76. The van der Waals surface area contributed by atoms with E-state index in [0.717, 1.165) is 32.2 Å². The normalized spacial score (nSPS) is 27.7. The quantitative estimate of drug-likeness (QED) is 0.478. The zero-order chi connectivity index (χ0) is 22.5. The van der Waals surface area contributed by atoms with Crippen LogP contribution in [-0.2, 0) is 14.4 Å². The van der Waals surface area contributed by atoms with Crippen molar-refractivity contribution in [3.8, 4) is 0 Å². The van der Waals surface area contributed by atoms with Crippen LogP contribution in [0.1, 0.15) is 72.6 Å². The number of rotatable bonds is 10. The summed E-state index contributed by atoms with van der Waals surface area (Å²) < 4.78 is 0. The molecule has 0 radical (unpaired) electrons. The third-order valence-corrected chi connectivity index (χ3v) is 6.48. The minimum absolute atomic E-state index is 0.114. The summed E-state index contributed by atoms with van der Waals surface area (Å²) in [6, 6.07) is -0.760. The maximum absolute atomic E-state index is 13.3. The lowest BCUT2D eigenvalue weighted by molar-refractivity contribution is -0.143. The summed E-state index contributed by atoms with van der Waals surface area (Å²) in [6.07, 6.45) is 4.13. The smallest absolute Gasteiger partial charge is 0.243 e. The van der Waals surface area contributed by atoms with Gasteiger partial charge in [0.05, 0.1) is 18.7 Å². The van der Waals surface area contributed by atoms with Gasteiger partial charge in [-0.25, -0.2) is 0 Å². The van der Waals surface area contributed by atoms with Crippen molar-refractivity contribution in [1.29, 1.82) is 0 Å². The second-order valence-electron chi connectivity index (χ2n) is 9.09. The summed E-state index contributed by atoms with van der Waals surface area (Å²) >= 11 is 0. The van der Waals surface area contributed by atoms with E-state index in [2.05, 4.69) is 24.1 Å². The van der Waals surface area contributed by atoms with Gasteiger partial charge in [0.15, 0.2) is 5.78 Å². The summed E-state index contributed by atoms with van der Waals surface area (Å²) in [7, 11) is 0. The molecule has 2 aliphatic rings. The molecule has 0 aliphatic carbocycles. The molecule has 3 N–H and O–H groups in total. The van der Waals surface area contributed by atoms with E-state index in [9.17, 15) is 24.6 Å². The highest BCUT2D eigenvalue weighted by atomic mass is 16.3. The van der Waals surface area contributed by atoms with Gasteiger partial charge >= 0.3 is 0 Å². The average molecular weight is 426 g/mol. The van der Waals surface area contributed by atoms with Crippen molar-refractivity contribution in [1.82, 2.24) is 15.1 Å². The molecule has 5 unspecified atom stereocenters. The standard InChI is InChI=1S/C22H39N3O5/c1-5-8-15(3)24-11-7-9-17(24)21(29)25-14-16(26)12-18(25)20(28)23-13-19(27)22(4,30)10-6-2/h15-18,26,30H,5-14H2,1-4H3,(H,23,28). The summed E-state index contributed by atoms with van der Waals surface area (Å²) in [6.45, 7) is 8.29. The van der Waals surface area contributed by atoms with Gasteiger partial charge in [0, 0.05) is 19.0 Å². The molecule has 2 heterocycles. The highest BCUT2D eigenvalue weighted by molar-refractivity contribution is 5.95. The molecule has 0 bridgehead atoms. The van der Waals surface area contributed by atoms with Crippen molar-refractivity contribution in [2.45, 2.75) is 102 Å². The Kier molecular flexibility index (Phi) is 8.82. The first-order valence-electron chi connectivity index (χ1n) is 11.4. The predicted octanol–water partition coefficient (Wildman–Crippen LogP) is 0.838. The molecule has 0 saturated carbocycles. The number of likely N-dealkylation sites (tertiary alicyclic amines) is 2. The molecule has 2 aliphatic heterocycles. The van der Waals surface area contributed by atoms with Gasteiger partial charge in [-0.3, -0.25) is 19.3 Å². The molecule has 2 saturated heterocycles. The van der Waals surface area contributed by atoms with Crippen molar-refractivity contribution in [2.24, 2.45) is 0 Å². The molecule has 30 heavy (non-hydrogen) atoms. The molecule has 8 heteroatoms. The number of β-amino-alcohol motifs (C(OH)–C–C–N with tert-alkyl or cyclic N) is 1. The van der Waals surface area contributed by atoms with Crippen LogP contribution < -0.4 is 5.32 Å². The SMILES string of the molecule is CCCC(C)N1CCCC1C(=O)N1CC(O)CC1C(=O)NCC(=O)C(C)(O)CCC. The van der Waals surface area contributed by atoms with Gasteiger partial charge in [-0.1, -0.05) is 26.7 Å². The molecular weight excluding hydrogens is 386 g/mol. The van der Waals surface area contributed by atoms with E-state index in [1.807, 2.05) is 6.92 Å². The minimum Gasteiger partial charge on any atom is -0.391 e. The number of nitrogens with one attached hydrogen (secondary N) is 1. The van der Waals surface area contributed by atoms with E-state index in [0.29, 0.717) is 18.9 Å². The number of carbonyl (C=O) groups excluding carboxylic acids is 3. The van der Waals surface area contributed by atoms with Crippen molar-refractivity contribution < 1.29 is 24.6 Å².